The molecule has 3 aromatic rings. The van der Waals surface area contributed by atoms with Gasteiger partial charge in [-0.25, -0.2) is 10.0 Å². The summed E-state index contributed by atoms with van der Waals surface area (Å²) in [7, 11) is 0. The van der Waals surface area contributed by atoms with Crippen molar-refractivity contribution in [2.24, 2.45) is 0 Å². The van der Waals surface area contributed by atoms with Crippen LogP contribution in [-0.2, 0) is 4.84 Å². The van der Waals surface area contributed by atoms with Crippen molar-refractivity contribution in [3.8, 4) is 11.8 Å². The predicted molar refractivity (Wildman–Crippen MR) is 146 cm³/mol. The van der Waals surface area contributed by atoms with Gasteiger partial charge in [0.1, 0.15) is 17.4 Å². The van der Waals surface area contributed by atoms with Gasteiger partial charge in [0.05, 0.1) is 25.5 Å². The van der Waals surface area contributed by atoms with E-state index in [9.17, 15) is 5.26 Å². The van der Waals surface area contributed by atoms with Crippen molar-refractivity contribution >= 4 is 17.5 Å². The molecule has 1 aliphatic heterocycles. The highest BCUT2D eigenvalue weighted by molar-refractivity contribution is 5.62. The number of nitriles is 1. The highest BCUT2D eigenvalue weighted by Gasteiger charge is 2.31. The Hall–Kier alpha value is -3.67. The van der Waals surface area contributed by atoms with E-state index >= 15 is 0 Å². The van der Waals surface area contributed by atoms with Crippen LogP contribution in [0.2, 0.25) is 0 Å². The first-order valence-corrected chi connectivity index (χ1v) is 13.0. The van der Waals surface area contributed by atoms with Gasteiger partial charge < -0.3 is 15.0 Å². The van der Waals surface area contributed by atoms with Crippen LogP contribution in [-0.4, -0.2) is 47.7 Å². The van der Waals surface area contributed by atoms with Crippen LogP contribution in [0, 0.1) is 25.2 Å². The molecule has 4 rings (SSSR count). The van der Waals surface area contributed by atoms with E-state index in [1.54, 1.807) is 11.3 Å². The van der Waals surface area contributed by atoms with Crippen LogP contribution in [0.1, 0.15) is 55.0 Å². The molecule has 1 atom stereocenters. The average Bonchev–Trinajstić information content (AvgIpc) is 3.40. The van der Waals surface area contributed by atoms with E-state index in [0.717, 1.165) is 60.6 Å². The van der Waals surface area contributed by atoms with Crippen molar-refractivity contribution in [3.63, 3.8) is 0 Å². The fraction of sp³-hybridized carbons (Fsp3) is 0.414. The highest BCUT2D eigenvalue weighted by atomic mass is 16.7. The highest BCUT2D eigenvalue weighted by Crippen LogP contribution is 2.36. The minimum atomic E-state index is -0.0151. The van der Waals surface area contributed by atoms with Crippen molar-refractivity contribution < 1.29 is 9.57 Å². The predicted octanol–water partition coefficient (Wildman–Crippen LogP) is 5.70. The molecule has 8 nitrogen and oxygen atoms in total. The molecular formula is C29H36N6O2. The van der Waals surface area contributed by atoms with Gasteiger partial charge in [0, 0.05) is 18.7 Å². The number of hydrogen-bond acceptors (Lipinski definition) is 8. The molecule has 1 aliphatic rings. The Kier molecular flexibility index (Phi) is 8.94. The molecule has 37 heavy (non-hydrogen) atoms. The SMILES string of the molecule is CCN(CC)CCCOc1c(C)cc(Nc2ncc(C#N)c(N3OCC[C@H]3c3ccccc3)n2)cc1C. The quantitative estimate of drug-likeness (QED) is 0.336. The second-order valence-electron chi connectivity index (χ2n) is 9.21. The van der Waals surface area contributed by atoms with Gasteiger partial charge >= 0.3 is 0 Å². The maximum Gasteiger partial charge on any atom is 0.229 e. The van der Waals surface area contributed by atoms with Crippen LogP contribution in [0.3, 0.4) is 0 Å². The summed E-state index contributed by atoms with van der Waals surface area (Å²) in [5.41, 5.74) is 4.45. The first kappa shape index (κ1) is 26.4. The van der Waals surface area contributed by atoms with Gasteiger partial charge in [-0.2, -0.15) is 10.2 Å². The van der Waals surface area contributed by atoms with E-state index in [4.69, 9.17) is 14.6 Å². The van der Waals surface area contributed by atoms with E-state index < -0.39 is 0 Å². The van der Waals surface area contributed by atoms with Crippen molar-refractivity contribution in [1.29, 1.82) is 5.26 Å². The fourth-order valence-corrected chi connectivity index (χ4v) is 4.72. The number of aromatic nitrogens is 2. The topological polar surface area (TPSA) is 86.5 Å². The Balaban J connectivity index is 1.49. The van der Waals surface area contributed by atoms with Crippen molar-refractivity contribution in [1.82, 2.24) is 14.9 Å². The summed E-state index contributed by atoms with van der Waals surface area (Å²) >= 11 is 0. The van der Waals surface area contributed by atoms with Gasteiger partial charge in [-0.05, 0) is 62.2 Å². The summed E-state index contributed by atoms with van der Waals surface area (Å²) in [4.78, 5) is 17.4. The Morgan fingerprint density at radius 3 is 2.57 bits per heavy atom. The number of aryl methyl sites for hydroxylation is 2. The van der Waals surface area contributed by atoms with Crippen LogP contribution in [0.25, 0.3) is 0 Å². The lowest BCUT2D eigenvalue weighted by Gasteiger charge is -2.24. The molecule has 1 saturated heterocycles. The van der Waals surface area contributed by atoms with Crippen LogP contribution < -0.4 is 15.1 Å². The van der Waals surface area contributed by atoms with E-state index in [2.05, 4.69) is 47.3 Å². The number of hydroxylamine groups is 1. The number of anilines is 3. The molecule has 8 heteroatoms. The van der Waals surface area contributed by atoms with E-state index in [0.29, 0.717) is 30.5 Å². The molecule has 1 fully saturated rings. The molecular weight excluding hydrogens is 464 g/mol. The summed E-state index contributed by atoms with van der Waals surface area (Å²) in [6.45, 7) is 12.9. The maximum absolute atomic E-state index is 9.72. The Morgan fingerprint density at radius 1 is 1.16 bits per heavy atom. The van der Waals surface area contributed by atoms with E-state index in [1.807, 2.05) is 44.2 Å². The molecule has 1 aromatic heterocycles. The van der Waals surface area contributed by atoms with Crippen LogP contribution >= 0.6 is 0 Å². The lowest BCUT2D eigenvalue weighted by Crippen LogP contribution is -2.25. The second-order valence-corrected chi connectivity index (χ2v) is 9.21. The minimum absolute atomic E-state index is 0.0151. The van der Waals surface area contributed by atoms with Crippen molar-refractivity contribution in [2.75, 3.05) is 43.2 Å². The standard InChI is InChI=1S/C29H36N6O2/c1-5-34(6-2)14-10-15-36-27-21(3)17-25(18-22(27)4)32-29-31-20-24(19-30)28(33-29)35-26(13-16-37-35)23-11-8-7-9-12-23/h7-9,11-12,17-18,20,26H,5-6,10,13-16H2,1-4H3,(H,31,32,33)/t26-/m0/s1. The number of nitrogens with one attached hydrogen (secondary N) is 1. The molecule has 0 bridgehead atoms. The molecule has 2 aromatic carbocycles. The molecule has 0 aliphatic carbocycles. The zero-order valence-electron chi connectivity index (χ0n) is 22.2. The monoisotopic (exact) mass is 500 g/mol. The minimum Gasteiger partial charge on any atom is -0.493 e. The normalized spacial score (nSPS) is 15.1. The third-order valence-electron chi connectivity index (χ3n) is 6.66. The second kappa shape index (κ2) is 12.5. The zero-order chi connectivity index (χ0) is 26.2. The number of benzene rings is 2. The van der Waals surface area contributed by atoms with Gasteiger partial charge in [-0.1, -0.05) is 44.2 Å². The van der Waals surface area contributed by atoms with Gasteiger partial charge in [0.15, 0.2) is 5.82 Å². The number of hydrogen-bond donors (Lipinski definition) is 1. The molecule has 0 amide bonds. The summed E-state index contributed by atoms with van der Waals surface area (Å²) < 4.78 is 6.14. The first-order chi connectivity index (χ1) is 18.0. The molecule has 0 unspecified atom stereocenters. The van der Waals surface area contributed by atoms with Crippen LogP contribution in [0.15, 0.2) is 48.7 Å². The first-order valence-electron chi connectivity index (χ1n) is 13.0. The third-order valence-corrected chi connectivity index (χ3v) is 6.66. The van der Waals surface area contributed by atoms with E-state index in [-0.39, 0.29) is 6.04 Å². The molecule has 0 radical (unpaired) electrons. The number of nitrogens with zero attached hydrogens (tertiary/aromatic N) is 5. The third kappa shape index (κ3) is 6.37. The largest absolute Gasteiger partial charge is 0.493 e. The van der Waals surface area contributed by atoms with Crippen molar-refractivity contribution in [2.45, 2.75) is 46.6 Å². The molecule has 2 heterocycles. The summed E-state index contributed by atoms with van der Waals surface area (Å²) in [5.74, 6) is 1.79. The smallest absolute Gasteiger partial charge is 0.229 e. The molecule has 1 N–H and O–H groups in total. The summed E-state index contributed by atoms with van der Waals surface area (Å²) in [6.07, 6.45) is 3.35. The van der Waals surface area contributed by atoms with Gasteiger partial charge in [0.25, 0.3) is 0 Å². The molecule has 0 saturated carbocycles. The lowest BCUT2D eigenvalue weighted by molar-refractivity contribution is 0.156. The Labute approximate surface area is 219 Å². The van der Waals surface area contributed by atoms with Gasteiger partial charge in [-0.15, -0.1) is 0 Å². The van der Waals surface area contributed by atoms with Crippen LogP contribution in [0.4, 0.5) is 17.5 Å². The maximum atomic E-state index is 9.72. The van der Waals surface area contributed by atoms with Gasteiger partial charge in [0.2, 0.25) is 5.95 Å². The average molecular weight is 501 g/mol. The van der Waals surface area contributed by atoms with E-state index in [1.165, 1.54) is 0 Å². The fourth-order valence-electron chi connectivity index (χ4n) is 4.72. The summed E-state index contributed by atoms with van der Waals surface area (Å²) in [5, 5.41) is 14.8. The Bertz CT molecular complexity index is 1200. The van der Waals surface area contributed by atoms with Gasteiger partial charge in [-0.3, -0.25) is 4.84 Å². The lowest BCUT2D eigenvalue weighted by atomic mass is 10.0. The summed E-state index contributed by atoms with van der Waals surface area (Å²) in [6, 6.07) is 16.4. The van der Waals surface area contributed by atoms with Crippen molar-refractivity contribution in [3.05, 3.63) is 70.9 Å². The number of ether oxygens (including phenoxy) is 1. The number of rotatable bonds is 11. The van der Waals surface area contributed by atoms with Crippen LogP contribution in [0.5, 0.6) is 5.75 Å². The molecule has 194 valence electrons. The molecule has 0 spiro atoms. The zero-order valence-corrected chi connectivity index (χ0v) is 22.2. The Morgan fingerprint density at radius 2 is 1.89 bits per heavy atom.